The van der Waals surface area contributed by atoms with Crippen LogP contribution in [0.1, 0.15) is 36.1 Å². The Kier molecular flexibility index (Phi) is 23.3. The Labute approximate surface area is 167 Å². The molecule has 0 N–H and O–H groups in total. The monoisotopic (exact) mass is 378 g/mol. The van der Waals surface area contributed by atoms with E-state index in [2.05, 4.69) is 71.7 Å². The van der Waals surface area contributed by atoms with Crippen molar-refractivity contribution in [3.05, 3.63) is 0 Å². The van der Waals surface area contributed by atoms with Gasteiger partial charge in [-0.2, -0.15) is 0 Å². The summed E-state index contributed by atoms with van der Waals surface area (Å²) in [6, 6.07) is 0. The van der Waals surface area contributed by atoms with E-state index in [1.807, 2.05) is 0 Å². The van der Waals surface area contributed by atoms with Crippen LogP contribution in [0.3, 0.4) is 0 Å². The van der Waals surface area contributed by atoms with Crippen LogP contribution in [-0.2, 0) is 0 Å². The summed E-state index contributed by atoms with van der Waals surface area (Å²) in [4.78, 5) is 13.9. The molecule has 0 aromatic rings. The molecule has 0 bridgehead atoms. The van der Waals surface area contributed by atoms with Gasteiger partial charge in [0.05, 0.1) is 20.0 Å². The van der Waals surface area contributed by atoms with E-state index in [1.54, 1.807) is 0 Å². The smallest absolute Gasteiger partial charge is 0.0523 e. The molecule has 0 aliphatic carbocycles. The summed E-state index contributed by atoms with van der Waals surface area (Å²) in [5, 5.41) is 0. The summed E-state index contributed by atoms with van der Waals surface area (Å²) in [6.45, 7) is 10.9. The molecule has 0 aromatic carbocycles. The van der Waals surface area contributed by atoms with E-state index >= 15 is 0 Å². The highest BCUT2D eigenvalue weighted by Gasteiger charge is 2.13. The molecule has 3 heterocycles. The molecular formula is C20H54N6. The summed E-state index contributed by atoms with van der Waals surface area (Å²) in [5.41, 5.74) is 0. The van der Waals surface area contributed by atoms with Crippen LogP contribution >= 0.6 is 0 Å². The van der Waals surface area contributed by atoms with Gasteiger partial charge in [-0.05, 0) is 48.7 Å². The van der Waals surface area contributed by atoms with Gasteiger partial charge >= 0.3 is 0 Å². The summed E-state index contributed by atoms with van der Waals surface area (Å²) >= 11 is 0. The zero-order valence-corrected chi connectivity index (χ0v) is 15.8. The summed E-state index contributed by atoms with van der Waals surface area (Å²) in [7, 11) is 12.9. The maximum Gasteiger partial charge on any atom is 0.0523 e. The molecule has 3 fully saturated rings. The van der Waals surface area contributed by atoms with E-state index in [4.69, 9.17) is 0 Å². The van der Waals surface area contributed by atoms with Gasteiger partial charge in [0.15, 0.2) is 0 Å². The molecule has 0 aromatic heterocycles. The molecule has 0 amide bonds. The van der Waals surface area contributed by atoms with Crippen molar-refractivity contribution >= 4 is 0 Å². The lowest BCUT2D eigenvalue weighted by atomic mass is 10.3. The lowest BCUT2D eigenvalue weighted by molar-refractivity contribution is 0.0149. The zero-order valence-electron chi connectivity index (χ0n) is 15.8. The number of nitrogens with zero attached hydrogens (tertiary/aromatic N) is 6. The molecule has 3 rings (SSSR count). The predicted molar refractivity (Wildman–Crippen MR) is 122 cm³/mol. The van der Waals surface area contributed by atoms with E-state index in [-0.39, 0.29) is 29.7 Å². The maximum atomic E-state index is 2.36. The van der Waals surface area contributed by atoms with Crippen LogP contribution in [0.5, 0.6) is 0 Å². The van der Waals surface area contributed by atoms with E-state index in [9.17, 15) is 0 Å². The van der Waals surface area contributed by atoms with E-state index in [0.717, 1.165) is 20.0 Å². The average Bonchev–Trinajstić information content (AvgIpc) is 2.42. The lowest BCUT2D eigenvalue weighted by Gasteiger charge is -2.36. The molecule has 3 saturated heterocycles. The number of likely N-dealkylation sites (N-methyl/N-ethyl adjacent to an activating group) is 2. The van der Waals surface area contributed by atoms with Gasteiger partial charge in [0.1, 0.15) is 0 Å². The van der Waals surface area contributed by atoms with Crippen molar-refractivity contribution in [1.29, 1.82) is 0 Å². The lowest BCUT2D eigenvalue weighted by Crippen LogP contribution is -2.50. The van der Waals surface area contributed by atoms with E-state index < -0.39 is 0 Å². The molecular weight excluding hydrogens is 324 g/mol. The van der Waals surface area contributed by atoms with Crippen molar-refractivity contribution in [2.45, 2.75) is 36.1 Å². The minimum atomic E-state index is 0. The third-order valence-corrected chi connectivity index (χ3v) is 4.26. The van der Waals surface area contributed by atoms with Crippen molar-refractivity contribution in [2.24, 2.45) is 0 Å². The van der Waals surface area contributed by atoms with Gasteiger partial charge in [-0.3, -0.25) is 19.6 Å². The molecule has 0 saturated carbocycles. The van der Waals surface area contributed by atoms with Crippen LogP contribution < -0.4 is 0 Å². The fourth-order valence-electron chi connectivity index (χ4n) is 2.85. The molecule has 164 valence electrons. The Balaban J connectivity index is -0.000000131. The molecule has 0 radical (unpaired) electrons. The van der Waals surface area contributed by atoms with Gasteiger partial charge in [-0.15, -0.1) is 0 Å². The zero-order chi connectivity index (χ0) is 16.5. The molecule has 3 aliphatic rings. The van der Waals surface area contributed by atoms with Crippen molar-refractivity contribution in [3.8, 4) is 0 Å². The Morgan fingerprint density at radius 1 is 0.346 bits per heavy atom. The number of hydrogen-bond donors (Lipinski definition) is 0. The number of rotatable bonds is 0. The van der Waals surface area contributed by atoms with Crippen molar-refractivity contribution in [3.63, 3.8) is 0 Å². The highest BCUT2D eigenvalue weighted by atomic mass is 15.5. The first kappa shape index (κ1) is 33.4. The van der Waals surface area contributed by atoms with Crippen LogP contribution in [0.25, 0.3) is 0 Å². The third kappa shape index (κ3) is 16.0. The second-order valence-electron chi connectivity index (χ2n) is 7.26. The van der Waals surface area contributed by atoms with Gasteiger partial charge in [0.25, 0.3) is 0 Å². The van der Waals surface area contributed by atoms with Gasteiger partial charge in [-0.1, -0.05) is 29.7 Å². The second kappa shape index (κ2) is 18.1. The Hall–Kier alpha value is -0.240. The predicted octanol–water partition coefficient (Wildman–Crippen LogP) is 2.40. The summed E-state index contributed by atoms with van der Waals surface area (Å²) < 4.78 is 0. The van der Waals surface area contributed by atoms with Gasteiger partial charge in [0, 0.05) is 39.3 Å². The fraction of sp³-hybridized carbons (Fsp3) is 1.00. The standard InChI is InChI=1S/2C6H14N2.C4H10N2.4CH4/c1-7-3-5-8(2)6-4-7;1-7-4-3-5-8(2)6-7;1-5-3-6(2)4-5;;;;/h2*3-6H2,1-2H3;3-4H2,1-2H3;4*1H4. The van der Waals surface area contributed by atoms with Crippen molar-refractivity contribution < 1.29 is 0 Å². The first-order valence-electron chi connectivity index (χ1n) is 8.48. The quantitative estimate of drug-likeness (QED) is 0.640. The van der Waals surface area contributed by atoms with Crippen LogP contribution in [-0.4, -0.2) is 131 Å². The van der Waals surface area contributed by atoms with Crippen LogP contribution in [0, 0.1) is 0 Å². The minimum Gasteiger partial charge on any atom is -0.304 e. The third-order valence-electron chi connectivity index (χ3n) is 4.26. The molecule has 0 spiro atoms. The number of piperazine rings is 1. The largest absolute Gasteiger partial charge is 0.304 e. The van der Waals surface area contributed by atoms with Gasteiger partial charge < -0.3 is 9.80 Å². The van der Waals surface area contributed by atoms with Gasteiger partial charge in [0.2, 0.25) is 0 Å². The van der Waals surface area contributed by atoms with Crippen LogP contribution in [0.4, 0.5) is 0 Å². The first-order valence-corrected chi connectivity index (χ1v) is 8.48. The molecule has 26 heavy (non-hydrogen) atoms. The Morgan fingerprint density at radius 2 is 0.615 bits per heavy atom. The molecule has 3 aliphatic heterocycles. The van der Waals surface area contributed by atoms with Crippen molar-refractivity contribution in [1.82, 2.24) is 29.4 Å². The highest BCUT2D eigenvalue weighted by molar-refractivity contribution is 4.64. The van der Waals surface area contributed by atoms with E-state index in [0.29, 0.717) is 0 Å². The molecule has 6 nitrogen and oxygen atoms in total. The normalized spacial score (nSPS) is 22.4. The van der Waals surface area contributed by atoms with E-state index in [1.165, 1.54) is 45.7 Å². The van der Waals surface area contributed by atoms with Gasteiger partial charge in [-0.25, -0.2) is 0 Å². The summed E-state index contributed by atoms with van der Waals surface area (Å²) in [6.07, 6.45) is 1.33. The highest BCUT2D eigenvalue weighted by Crippen LogP contribution is 1.99. The second-order valence-corrected chi connectivity index (χ2v) is 7.26. The fourth-order valence-corrected chi connectivity index (χ4v) is 2.85. The molecule has 0 unspecified atom stereocenters. The van der Waals surface area contributed by atoms with Crippen LogP contribution in [0.2, 0.25) is 0 Å². The maximum absolute atomic E-state index is 2.36. The molecule has 0 atom stereocenters. The SMILES string of the molecule is C.C.C.C.CN1CCCN(C)C1.CN1CCN(C)CC1.CN1CN(C)C1. The van der Waals surface area contributed by atoms with Crippen molar-refractivity contribution in [2.75, 3.05) is 102 Å². The Bertz CT molecular complexity index is 251. The summed E-state index contributed by atoms with van der Waals surface area (Å²) in [5.74, 6) is 0. The average molecular weight is 379 g/mol. The number of hydrogen-bond acceptors (Lipinski definition) is 6. The van der Waals surface area contributed by atoms with Crippen LogP contribution in [0.15, 0.2) is 0 Å². The first-order chi connectivity index (χ1) is 10.4. The topological polar surface area (TPSA) is 19.4 Å². The Morgan fingerprint density at radius 3 is 0.769 bits per heavy atom. The minimum absolute atomic E-state index is 0. The molecule has 6 heteroatoms.